The predicted octanol–water partition coefficient (Wildman–Crippen LogP) is 3.24. The lowest BCUT2D eigenvalue weighted by Gasteiger charge is -2.24. The van der Waals surface area contributed by atoms with Gasteiger partial charge in [-0.1, -0.05) is 60.2 Å². The number of methoxy groups -OCH3 is 1. The van der Waals surface area contributed by atoms with Crippen LogP contribution in [0.1, 0.15) is 21.5 Å². The van der Waals surface area contributed by atoms with Crippen LogP contribution in [0.3, 0.4) is 0 Å². The highest BCUT2D eigenvalue weighted by atomic mass is 16.5. The van der Waals surface area contributed by atoms with E-state index < -0.39 is 5.60 Å². The molecule has 0 heterocycles. The van der Waals surface area contributed by atoms with E-state index in [9.17, 15) is 10.1 Å². The van der Waals surface area contributed by atoms with Crippen LogP contribution in [0, 0.1) is 18.3 Å². The second kappa shape index (κ2) is 5.68. The molecule has 0 bridgehead atoms. The first-order chi connectivity index (χ1) is 9.64. The number of Topliss-reactive ketones (excluding diaryl/α,β-unsaturated/α-hetero) is 1. The highest BCUT2D eigenvalue weighted by Gasteiger charge is 2.41. The third-order valence-electron chi connectivity index (χ3n) is 3.28. The Kier molecular flexibility index (Phi) is 3.97. The molecule has 0 radical (unpaired) electrons. The summed E-state index contributed by atoms with van der Waals surface area (Å²) in [4.78, 5) is 12.7. The largest absolute Gasteiger partial charge is 0.353 e. The summed E-state index contributed by atoms with van der Waals surface area (Å²) in [7, 11) is 1.38. The molecule has 0 spiro atoms. The topological polar surface area (TPSA) is 50.1 Å². The minimum atomic E-state index is -1.60. The number of hydrogen-bond acceptors (Lipinski definition) is 3. The molecule has 2 aromatic carbocycles. The molecule has 2 rings (SSSR count). The number of rotatable bonds is 4. The van der Waals surface area contributed by atoms with Crippen LogP contribution in [0.25, 0.3) is 0 Å². The van der Waals surface area contributed by atoms with Crippen LogP contribution in [0.4, 0.5) is 0 Å². The Labute approximate surface area is 118 Å². The molecule has 0 aliphatic heterocycles. The maximum Gasteiger partial charge on any atom is 0.242 e. The maximum absolute atomic E-state index is 12.7. The van der Waals surface area contributed by atoms with Crippen LogP contribution in [-0.4, -0.2) is 12.9 Å². The van der Waals surface area contributed by atoms with Gasteiger partial charge in [0.05, 0.1) is 0 Å². The van der Waals surface area contributed by atoms with E-state index in [2.05, 4.69) is 0 Å². The van der Waals surface area contributed by atoms with Crippen molar-refractivity contribution in [3.63, 3.8) is 0 Å². The van der Waals surface area contributed by atoms with Crippen molar-refractivity contribution in [1.29, 1.82) is 5.26 Å². The average Bonchev–Trinajstić information content (AvgIpc) is 2.51. The van der Waals surface area contributed by atoms with Gasteiger partial charge in [-0.05, 0) is 6.92 Å². The van der Waals surface area contributed by atoms with E-state index in [0.717, 1.165) is 5.56 Å². The van der Waals surface area contributed by atoms with Crippen molar-refractivity contribution in [1.82, 2.24) is 0 Å². The summed E-state index contributed by atoms with van der Waals surface area (Å²) < 4.78 is 5.32. The Hall–Kier alpha value is -2.44. The van der Waals surface area contributed by atoms with Crippen LogP contribution in [0.15, 0.2) is 54.6 Å². The Morgan fingerprint density at radius 3 is 2.20 bits per heavy atom. The summed E-state index contributed by atoms with van der Waals surface area (Å²) in [5.74, 6) is -0.355. The third kappa shape index (κ3) is 2.34. The molecule has 1 unspecified atom stereocenters. The van der Waals surface area contributed by atoms with E-state index in [1.807, 2.05) is 31.2 Å². The van der Waals surface area contributed by atoms with E-state index in [1.54, 1.807) is 36.4 Å². The number of ketones is 1. The molecule has 20 heavy (non-hydrogen) atoms. The number of carbonyl (C=O) groups is 1. The first kappa shape index (κ1) is 14.0. The molecule has 0 amide bonds. The molecule has 0 aromatic heterocycles. The first-order valence-corrected chi connectivity index (χ1v) is 6.27. The number of hydrogen-bond donors (Lipinski definition) is 0. The van der Waals surface area contributed by atoms with E-state index in [1.165, 1.54) is 7.11 Å². The quantitative estimate of drug-likeness (QED) is 0.797. The average molecular weight is 265 g/mol. The summed E-state index contributed by atoms with van der Waals surface area (Å²) in [5, 5.41) is 9.54. The zero-order valence-electron chi connectivity index (χ0n) is 11.5. The van der Waals surface area contributed by atoms with Crippen LogP contribution in [0.2, 0.25) is 0 Å². The Morgan fingerprint density at radius 2 is 1.70 bits per heavy atom. The van der Waals surface area contributed by atoms with Crippen molar-refractivity contribution < 1.29 is 9.53 Å². The summed E-state index contributed by atoms with van der Waals surface area (Å²) in [6.07, 6.45) is 0. The molecule has 0 saturated carbocycles. The monoisotopic (exact) mass is 265 g/mol. The first-order valence-electron chi connectivity index (χ1n) is 6.27. The van der Waals surface area contributed by atoms with Crippen molar-refractivity contribution in [2.45, 2.75) is 12.5 Å². The summed E-state index contributed by atoms with van der Waals surface area (Å²) in [6.45, 7) is 1.95. The number of nitriles is 1. The van der Waals surface area contributed by atoms with Gasteiger partial charge in [0.2, 0.25) is 11.4 Å². The normalized spacial score (nSPS) is 13.2. The van der Waals surface area contributed by atoms with Gasteiger partial charge >= 0.3 is 0 Å². The SMILES string of the molecule is COC(C#N)(C(=O)c1ccccc1)c1ccc(C)cc1. The lowest BCUT2D eigenvalue weighted by atomic mass is 9.86. The molecule has 0 N–H and O–H groups in total. The molecular formula is C17H15NO2. The van der Waals surface area contributed by atoms with E-state index in [0.29, 0.717) is 11.1 Å². The molecule has 1 atom stereocenters. The van der Waals surface area contributed by atoms with Gasteiger partial charge in [0.25, 0.3) is 0 Å². The molecule has 0 fully saturated rings. The van der Waals surface area contributed by atoms with Gasteiger partial charge in [-0.2, -0.15) is 5.26 Å². The molecular weight excluding hydrogens is 250 g/mol. The predicted molar refractivity (Wildman–Crippen MR) is 76.3 cm³/mol. The fraction of sp³-hybridized carbons (Fsp3) is 0.176. The van der Waals surface area contributed by atoms with Crippen molar-refractivity contribution in [2.24, 2.45) is 0 Å². The molecule has 0 aliphatic carbocycles. The highest BCUT2D eigenvalue weighted by Crippen LogP contribution is 2.29. The lowest BCUT2D eigenvalue weighted by molar-refractivity contribution is 0.0304. The van der Waals surface area contributed by atoms with Crippen LogP contribution in [-0.2, 0) is 10.3 Å². The Bertz CT molecular complexity index is 641. The number of benzene rings is 2. The van der Waals surface area contributed by atoms with Gasteiger partial charge in [-0.3, -0.25) is 4.79 Å². The minimum absolute atomic E-state index is 0.355. The summed E-state index contributed by atoms with van der Waals surface area (Å²) in [6, 6.07) is 18.0. The fourth-order valence-electron chi connectivity index (χ4n) is 2.08. The van der Waals surface area contributed by atoms with Gasteiger partial charge in [-0.15, -0.1) is 0 Å². The number of aryl methyl sites for hydroxylation is 1. The van der Waals surface area contributed by atoms with E-state index in [-0.39, 0.29) is 5.78 Å². The number of ether oxygens (including phenoxy) is 1. The maximum atomic E-state index is 12.7. The zero-order chi connectivity index (χ0) is 14.6. The van der Waals surface area contributed by atoms with Crippen LogP contribution in [0.5, 0.6) is 0 Å². The van der Waals surface area contributed by atoms with E-state index >= 15 is 0 Å². The standard InChI is InChI=1S/C17H15NO2/c1-13-8-10-15(11-9-13)17(12-18,20-2)16(19)14-6-4-3-5-7-14/h3-11H,1-2H3. The fourth-order valence-corrected chi connectivity index (χ4v) is 2.08. The van der Waals surface area contributed by atoms with Gasteiger partial charge in [0.1, 0.15) is 6.07 Å². The smallest absolute Gasteiger partial charge is 0.242 e. The Morgan fingerprint density at radius 1 is 1.10 bits per heavy atom. The van der Waals surface area contributed by atoms with Crippen molar-refractivity contribution in [2.75, 3.05) is 7.11 Å². The van der Waals surface area contributed by atoms with Gasteiger partial charge in [0.15, 0.2) is 0 Å². The molecule has 2 aromatic rings. The van der Waals surface area contributed by atoms with Gasteiger partial charge in [0, 0.05) is 18.2 Å². The molecule has 3 heteroatoms. The second-order valence-electron chi connectivity index (χ2n) is 4.56. The molecule has 3 nitrogen and oxygen atoms in total. The van der Waals surface area contributed by atoms with Crippen LogP contribution >= 0.6 is 0 Å². The van der Waals surface area contributed by atoms with Crippen molar-refractivity contribution in [3.05, 3.63) is 71.3 Å². The summed E-state index contributed by atoms with van der Waals surface area (Å²) >= 11 is 0. The third-order valence-corrected chi connectivity index (χ3v) is 3.28. The minimum Gasteiger partial charge on any atom is -0.353 e. The molecule has 0 aliphatic rings. The molecule has 100 valence electrons. The molecule has 0 saturated heterocycles. The van der Waals surface area contributed by atoms with E-state index in [4.69, 9.17) is 4.74 Å². The number of nitrogens with zero attached hydrogens (tertiary/aromatic N) is 1. The van der Waals surface area contributed by atoms with Crippen molar-refractivity contribution in [3.8, 4) is 6.07 Å². The number of carbonyl (C=O) groups excluding carboxylic acids is 1. The van der Waals surface area contributed by atoms with Gasteiger partial charge < -0.3 is 4.74 Å². The lowest BCUT2D eigenvalue weighted by Crippen LogP contribution is -2.36. The Balaban J connectivity index is 2.53. The summed E-state index contributed by atoms with van der Waals surface area (Å²) in [5.41, 5.74) is 0.456. The van der Waals surface area contributed by atoms with Gasteiger partial charge in [-0.25, -0.2) is 0 Å². The van der Waals surface area contributed by atoms with Crippen molar-refractivity contribution >= 4 is 5.78 Å². The second-order valence-corrected chi connectivity index (χ2v) is 4.56. The highest BCUT2D eigenvalue weighted by molar-refractivity contribution is 6.05. The zero-order valence-corrected chi connectivity index (χ0v) is 11.5. The van der Waals surface area contributed by atoms with Crippen LogP contribution < -0.4 is 0 Å².